The van der Waals surface area contributed by atoms with Gasteiger partial charge in [-0.05, 0) is 48.5 Å². The minimum absolute atomic E-state index is 0.140. The van der Waals surface area contributed by atoms with Crippen molar-refractivity contribution in [3.05, 3.63) is 60.3 Å². The van der Waals surface area contributed by atoms with Gasteiger partial charge in [-0.15, -0.1) is 0 Å². The van der Waals surface area contributed by atoms with Gasteiger partial charge in [0.25, 0.3) is 5.91 Å². The van der Waals surface area contributed by atoms with Crippen LogP contribution in [0, 0.1) is 0 Å². The predicted molar refractivity (Wildman–Crippen MR) is 125 cm³/mol. The lowest BCUT2D eigenvalue weighted by atomic mass is 10.1. The fraction of sp³-hybridized carbons (Fsp3) is 0.320. The van der Waals surface area contributed by atoms with Crippen LogP contribution in [0.5, 0.6) is 17.2 Å². The lowest BCUT2D eigenvalue weighted by molar-refractivity contribution is 0.0652. The molecule has 3 aliphatic rings. The van der Waals surface area contributed by atoms with Gasteiger partial charge >= 0.3 is 0 Å². The molecule has 1 aromatic heterocycles. The third kappa shape index (κ3) is 4.22. The molecular formula is C25H24N4O6. The van der Waals surface area contributed by atoms with Crippen LogP contribution in [0.15, 0.2) is 54.7 Å². The molecule has 3 aromatic rings. The van der Waals surface area contributed by atoms with E-state index in [2.05, 4.69) is 20.6 Å². The average Bonchev–Trinajstić information content (AvgIpc) is 3.62. The molecule has 1 amide bonds. The maximum absolute atomic E-state index is 12.8. The van der Waals surface area contributed by atoms with Crippen LogP contribution in [0.4, 0.5) is 5.95 Å². The summed E-state index contributed by atoms with van der Waals surface area (Å²) in [5, 5.41) is 6.37. The molecule has 0 saturated carbocycles. The Kier molecular flexibility index (Phi) is 5.59. The van der Waals surface area contributed by atoms with Crippen molar-refractivity contribution < 1.29 is 28.5 Å². The summed E-state index contributed by atoms with van der Waals surface area (Å²) in [6.07, 6.45) is 1.21. The molecule has 0 aliphatic carbocycles. The number of hydrogen-bond donors (Lipinski definition) is 2. The Morgan fingerprint density at radius 1 is 0.971 bits per heavy atom. The minimum Gasteiger partial charge on any atom is -0.497 e. The van der Waals surface area contributed by atoms with Crippen LogP contribution in [0.3, 0.4) is 0 Å². The maximum atomic E-state index is 12.8. The summed E-state index contributed by atoms with van der Waals surface area (Å²) in [6.45, 7) is 0.938. The number of nitrogens with zero attached hydrogens (tertiary/aromatic N) is 2. The zero-order valence-electron chi connectivity index (χ0n) is 19.0. The highest BCUT2D eigenvalue weighted by Gasteiger charge is 2.48. The van der Waals surface area contributed by atoms with E-state index in [0.717, 1.165) is 17.0 Å². The molecule has 6 rings (SSSR count). The normalized spacial score (nSPS) is 24.1. The van der Waals surface area contributed by atoms with Crippen molar-refractivity contribution in [3.8, 4) is 28.5 Å². The number of anilines is 1. The molecule has 0 spiro atoms. The maximum Gasteiger partial charge on any atom is 0.251 e. The van der Waals surface area contributed by atoms with Crippen molar-refractivity contribution in [3.63, 3.8) is 0 Å². The van der Waals surface area contributed by atoms with Crippen LogP contribution in [0.2, 0.25) is 0 Å². The molecule has 10 nitrogen and oxygen atoms in total. The van der Waals surface area contributed by atoms with E-state index in [1.54, 1.807) is 31.5 Å². The third-order valence-corrected chi connectivity index (χ3v) is 6.36. The van der Waals surface area contributed by atoms with Crippen molar-refractivity contribution >= 4 is 11.9 Å². The Labute approximate surface area is 201 Å². The van der Waals surface area contributed by atoms with Crippen LogP contribution >= 0.6 is 0 Å². The molecule has 4 heterocycles. The summed E-state index contributed by atoms with van der Waals surface area (Å²) in [7, 11) is 1.64. The second kappa shape index (κ2) is 9.05. The fourth-order valence-electron chi connectivity index (χ4n) is 4.55. The number of nitrogens with one attached hydrogen (secondary N) is 2. The first-order valence-electron chi connectivity index (χ1n) is 11.4. The first kappa shape index (κ1) is 21.6. The number of benzene rings is 2. The molecule has 0 radical (unpaired) electrons. The van der Waals surface area contributed by atoms with Gasteiger partial charge in [0, 0.05) is 17.3 Å². The molecule has 4 atom stereocenters. The molecule has 2 saturated heterocycles. The number of fused-ring (bicyclic) bond motifs is 2. The van der Waals surface area contributed by atoms with Gasteiger partial charge in [-0.3, -0.25) is 4.79 Å². The predicted octanol–water partition coefficient (Wildman–Crippen LogP) is 2.26. The van der Waals surface area contributed by atoms with E-state index >= 15 is 0 Å². The van der Waals surface area contributed by atoms with Gasteiger partial charge in [0.05, 0.1) is 38.1 Å². The van der Waals surface area contributed by atoms with E-state index in [-0.39, 0.29) is 37.0 Å². The van der Waals surface area contributed by atoms with E-state index in [1.165, 1.54) is 0 Å². The first-order chi connectivity index (χ1) is 17.2. The molecule has 10 heteroatoms. The van der Waals surface area contributed by atoms with E-state index < -0.39 is 0 Å². The average molecular weight is 476 g/mol. The number of hydrogen-bond acceptors (Lipinski definition) is 9. The second-order valence-corrected chi connectivity index (χ2v) is 8.49. The van der Waals surface area contributed by atoms with Crippen LogP contribution < -0.4 is 24.8 Å². The quantitative estimate of drug-likeness (QED) is 0.553. The van der Waals surface area contributed by atoms with Gasteiger partial charge in [-0.25, -0.2) is 9.97 Å². The van der Waals surface area contributed by atoms with Crippen LogP contribution in [-0.2, 0) is 9.47 Å². The zero-order valence-corrected chi connectivity index (χ0v) is 19.0. The molecular weight excluding hydrogens is 452 g/mol. The SMILES string of the molecule is COc1ccc(-c2ccnc(NC3COC4C(NC(=O)c5ccc6c(c5)OCO6)COC34)n2)cc1. The molecule has 3 aliphatic heterocycles. The third-order valence-electron chi connectivity index (χ3n) is 6.36. The number of methoxy groups -OCH3 is 1. The molecule has 35 heavy (non-hydrogen) atoms. The van der Waals surface area contributed by atoms with Crippen LogP contribution in [0.1, 0.15) is 10.4 Å². The topological polar surface area (TPSA) is 113 Å². The van der Waals surface area contributed by atoms with E-state index in [0.29, 0.717) is 36.2 Å². The van der Waals surface area contributed by atoms with Crippen LogP contribution in [0.25, 0.3) is 11.3 Å². The zero-order chi connectivity index (χ0) is 23.8. The lowest BCUT2D eigenvalue weighted by Crippen LogP contribution is -2.44. The van der Waals surface area contributed by atoms with E-state index in [1.807, 2.05) is 30.3 Å². The Morgan fingerprint density at radius 3 is 2.57 bits per heavy atom. The van der Waals surface area contributed by atoms with Crippen LogP contribution in [-0.4, -0.2) is 67.3 Å². The van der Waals surface area contributed by atoms with Gasteiger partial charge in [-0.2, -0.15) is 0 Å². The van der Waals surface area contributed by atoms with E-state index in [9.17, 15) is 4.79 Å². The first-order valence-corrected chi connectivity index (χ1v) is 11.4. The van der Waals surface area contributed by atoms with Crippen molar-refractivity contribution in [1.29, 1.82) is 0 Å². The summed E-state index contributed by atoms with van der Waals surface area (Å²) in [6, 6.07) is 14.3. The van der Waals surface area contributed by atoms with Crippen molar-refractivity contribution in [2.45, 2.75) is 24.3 Å². The summed E-state index contributed by atoms with van der Waals surface area (Å²) in [4.78, 5) is 21.8. The Morgan fingerprint density at radius 2 is 1.74 bits per heavy atom. The smallest absolute Gasteiger partial charge is 0.251 e. The number of carbonyl (C=O) groups excluding carboxylic acids is 1. The van der Waals surface area contributed by atoms with Gasteiger partial charge in [0.2, 0.25) is 12.7 Å². The van der Waals surface area contributed by atoms with Gasteiger partial charge in [0.1, 0.15) is 18.0 Å². The number of carbonyl (C=O) groups is 1. The van der Waals surface area contributed by atoms with Crippen molar-refractivity contribution in [2.24, 2.45) is 0 Å². The Hall–Kier alpha value is -3.89. The fourth-order valence-corrected chi connectivity index (χ4v) is 4.55. The monoisotopic (exact) mass is 476 g/mol. The van der Waals surface area contributed by atoms with Gasteiger partial charge < -0.3 is 34.3 Å². The highest BCUT2D eigenvalue weighted by Crippen LogP contribution is 2.33. The number of aromatic nitrogens is 2. The molecule has 2 N–H and O–H groups in total. The number of rotatable bonds is 6. The molecule has 2 aromatic carbocycles. The van der Waals surface area contributed by atoms with E-state index in [4.69, 9.17) is 23.7 Å². The van der Waals surface area contributed by atoms with Crippen molar-refractivity contribution in [2.75, 3.05) is 32.4 Å². The summed E-state index contributed by atoms with van der Waals surface area (Å²) in [5.74, 6) is 2.26. The molecule has 0 bridgehead atoms. The number of amides is 1. The largest absolute Gasteiger partial charge is 0.497 e. The summed E-state index contributed by atoms with van der Waals surface area (Å²) >= 11 is 0. The summed E-state index contributed by atoms with van der Waals surface area (Å²) in [5.41, 5.74) is 2.25. The Balaban J connectivity index is 1.10. The summed E-state index contributed by atoms with van der Waals surface area (Å²) < 4.78 is 27.9. The number of ether oxygens (including phenoxy) is 5. The standard InChI is InChI=1S/C25H24N4O6/c1-31-16-5-2-14(3-6-16)17-8-9-26-25(28-17)29-19-12-33-22-18(11-32-23(19)22)27-24(30)15-4-7-20-21(10-15)35-13-34-20/h2-10,18-19,22-23H,11-13H2,1H3,(H,27,30)(H,26,28,29). The highest BCUT2D eigenvalue weighted by molar-refractivity contribution is 5.95. The van der Waals surface area contributed by atoms with Gasteiger partial charge in [0.15, 0.2) is 11.5 Å². The van der Waals surface area contributed by atoms with Crippen molar-refractivity contribution in [1.82, 2.24) is 15.3 Å². The minimum atomic E-state index is -0.268. The van der Waals surface area contributed by atoms with Gasteiger partial charge in [-0.1, -0.05) is 0 Å². The molecule has 180 valence electrons. The molecule has 4 unspecified atom stereocenters. The molecule has 2 fully saturated rings. The second-order valence-electron chi connectivity index (χ2n) is 8.49. The Bertz CT molecular complexity index is 1240. The highest BCUT2D eigenvalue weighted by atomic mass is 16.7. The lowest BCUT2D eigenvalue weighted by Gasteiger charge is -2.18.